The Morgan fingerprint density at radius 3 is 2.82 bits per heavy atom. The van der Waals surface area contributed by atoms with E-state index in [4.69, 9.17) is 16.3 Å². The molecule has 1 aliphatic heterocycles. The Bertz CT molecular complexity index is 1190. The van der Waals surface area contributed by atoms with Crippen LogP contribution in [-0.4, -0.2) is 44.7 Å². The highest BCUT2D eigenvalue weighted by atomic mass is 35.5. The number of amides is 1. The van der Waals surface area contributed by atoms with Gasteiger partial charge in [-0.25, -0.2) is 9.37 Å². The molecule has 0 spiro atoms. The molecule has 1 aliphatic rings. The van der Waals surface area contributed by atoms with Gasteiger partial charge in [0.25, 0.3) is 5.91 Å². The fourth-order valence-electron chi connectivity index (χ4n) is 3.77. The number of nitrogens with zero attached hydrogens (tertiary/aromatic N) is 2. The Morgan fingerprint density at radius 2 is 2.09 bits per heavy atom. The van der Waals surface area contributed by atoms with Crippen molar-refractivity contribution in [2.75, 3.05) is 13.2 Å². The first-order valence-electron chi connectivity index (χ1n) is 10.5. The summed E-state index contributed by atoms with van der Waals surface area (Å²) < 4.78 is 59.3. The topological polar surface area (TPSA) is 67.7 Å². The van der Waals surface area contributed by atoms with E-state index < -0.39 is 17.6 Å². The van der Waals surface area contributed by atoms with E-state index in [1.165, 1.54) is 18.3 Å². The van der Waals surface area contributed by atoms with Crippen molar-refractivity contribution in [2.24, 2.45) is 0 Å². The monoisotopic (exact) mass is 511 g/mol. The van der Waals surface area contributed by atoms with Crippen LogP contribution in [0.3, 0.4) is 0 Å². The minimum atomic E-state index is -4.44. The maximum absolute atomic E-state index is 13.5. The summed E-state index contributed by atoms with van der Waals surface area (Å²) in [6.45, 7) is 0.107. The fourth-order valence-corrected chi connectivity index (χ4v) is 4.26. The van der Waals surface area contributed by atoms with Gasteiger partial charge in [0.05, 0.1) is 22.3 Å². The first-order valence-corrected chi connectivity index (χ1v) is 11.4. The summed E-state index contributed by atoms with van der Waals surface area (Å²) >= 11 is 5.63. The van der Waals surface area contributed by atoms with Crippen molar-refractivity contribution in [3.63, 3.8) is 0 Å². The average molecular weight is 512 g/mol. The largest absolute Gasteiger partial charge is 0.484 e. The number of aromatic nitrogens is 2. The van der Waals surface area contributed by atoms with E-state index in [-0.39, 0.29) is 46.6 Å². The molecule has 0 saturated carbocycles. The van der Waals surface area contributed by atoms with Crippen molar-refractivity contribution in [3.05, 3.63) is 64.8 Å². The Morgan fingerprint density at radius 1 is 1.29 bits per heavy atom. The molecule has 3 heterocycles. The number of imidazole rings is 1. The fraction of sp³-hybridized carbons (Fsp3) is 0.364. The van der Waals surface area contributed by atoms with Crippen molar-refractivity contribution < 1.29 is 27.1 Å². The van der Waals surface area contributed by atoms with E-state index in [1.54, 1.807) is 10.6 Å². The molecule has 2 unspecified atom stereocenters. The van der Waals surface area contributed by atoms with Gasteiger partial charge in [-0.1, -0.05) is 11.6 Å². The first-order chi connectivity index (χ1) is 16.1. The van der Waals surface area contributed by atoms with E-state index in [9.17, 15) is 22.4 Å². The first kappa shape index (κ1) is 24.5. The number of carbonyl (C=O) groups is 1. The predicted molar refractivity (Wildman–Crippen MR) is 119 cm³/mol. The van der Waals surface area contributed by atoms with Crippen LogP contribution in [0.1, 0.15) is 30.1 Å². The molecule has 4 rings (SSSR count). The minimum Gasteiger partial charge on any atom is -0.484 e. The SMILES string of the molecule is O=C(COc1ccc(Cl)c(F)c1)NC1CN[C@@H](c2cn3ccc(C(F)(F)F)cc3n2)CCC1[Si]. The lowest BCUT2D eigenvalue weighted by Gasteiger charge is -2.22. The number of fused-ring (bicyclic) bond motifs is 1. The molecule has 1 saturated heterocycles. The van der Waals surface area contributed by atoms with Crippen molar-refractivity contribution >= 4 is 33.4 Å². The molecule has 3 aromatic rings. The molecular formula is C22H20ClF4N4O2Si. The third kappa shape index (κ3) is 5.70. The van der Waals surface area contributed by atoms with Crippen LogP contribution in [0.15, 0.2) is 42.7 Å². The molecule has 3 atom stereocenters. The van der Waals surface area contributed by atoms with E-state index in [1.807, 2.05) is 0 Å². The van der Waals surface area contributed by atoms with E-state index in [0.717, 1.165) is 18.2 Å². The molecular weight excluding hydrogens is 492 g/mol. The second-order valence-electron chi connectivity index (χ2n) is 8.03. The maximum atomic E-state index is 13.5. The summed E-state index contributed by atoms with van der Waals surface area (Å²) in [7, 11) is 3.66. The van der Waals surface area contributed by atoms with E-state index >= 15 is 0 Å². The highest BCUT2D eigenvalue weighted by molar-refractivity contribution is 6.30. The zero-order chi connectivity index (χ0) is 24.5. The number of carbonyl (C=O) groups excluding carboxylic acids is 1. The number of hydrogen-bond donors (Lipinski definition) is 2. The lowest BCUT2D eigenvalue weighted by Crippen LogP contribution is -2.45. The second kappa shape index (κ2) is 9.93. The van der Waals surface area contributed by atoms with Crippen LogP contribution in [0.4, 0.5) is 17.6 Å². The zero-order valence-electron chi connectivity index (χ0n) is 17.7. The van der Waals surface area contributed by atoms with Gasteiger partial charge in [-0.3, -0.25) is 4.79 Å². The number of ether oxygens (including phenoxy) is 1. The molecule has 2 N–H and O–H groups in total. The summed E-state index contributed by atoms with van der Waals surface area (Å²) in [5.74, 6) is -0.830. The van der Waals surface area contributed by atoms with Gasteiger partial charge in [-0.2, -0.15) is 13.2 Å². The smallest absolute Gasteiger partial charge is 0.416 e. The van der Waals surface area contributed by atoms with Gasteiger partial charge < -0.3 is 19.8 Å². The summed E-state index contributed by atoms with van der Waals surface area (Å²) in [5, 5.41) is 6.17. The molecule has 0 aliphatic carbocycles. The van der Waals surface area contributed by atoms with Crippen molar-refractivity contribution in [3.8, 4) is 5.75 Å². The van der Waals surface area contributed by atoms with Crippen LogP contribution in [0.25, 0.3) is 5.65 Å². The molecule has 1 fully saturated rings. The second-order valence-corrected chi connectivity index (χ2v) is 9.18. The molecule has 179 valence electrons. The molecule has 1 amide bonds. The molecule has 1 aromatic carbocycles. The van der Waals surface area contributed by atoms with Crippen LogP contribution < -0.4 is 15.4 Å². The van der Waals surface area contributed by atoms with Crippen LogP contribution >= 0.6 is 11.6 Å². The van der Waals surface area contributed by atoms with E-state index in [2.05, 4.69) is 25.9 Å². The maximum Gasteiger partial charge on any atom is 0.416 e. The highest BCUT2D eigenvalue weighted by Gasteiger charge is 2.31. The lowest BCUT2D eigenvalue weighted by molar-refractivity contribution is -0.137. The summed E-state index contributed by atoms with van der Waals surface area (Å²) in [4.78, 5) is 16.7. The average Bonchev–Trinajstić information content (AvgIpc) is 3.13. The zero-order valence-corrected chi connectivity index (χ0v) is 19.5. The third-order valence-corrected chi connectivity index (χ3v) is 6.60. The number of halogens is 5. The molecule has 34 heavy (non-hydrogen) atoms. The van der Waals surface area contributed by atoms with Gasteiger partial charge in [0.15, 0.2) is 6.61 Å². The summed E-state index contributed by atoms with van der Waals surface area (Å²) in [6, 6.07) is 5.49. The van der Waals surface area contributed by atoms with E-state index in [0.29, 0.717) is 25.1 Å². The Balaban J connectivity index is 1.36. The minimum absolute atomic E-state index is 0.0378. The standard InChI is InChI=1S/C22H20ClF4N4O2Si/c23-14-2-1-13(8-15(14)24)33-11-21(32)30-17-9-28-16(3-4-19(17)34)18-10-31-6-5-12(22(25,26)27)7-20(31)29-18/h1-2,5-8,10,16-17,19,28H,3-4,9,11H2,(H,30,32)/t16-,17?,19?/m1/s1. The molecule has 3 radical (unpaired) electrons. The number of alkyl halides is 3. The van der Waals surface area contributed by atoms with Gasteiger partial charge >= 0.3 is 6.18 Å². The Hall–Kier alpha value is -2.63. The van der Waals surface area contributed by atoms with Gasteiger partial charge in [0.2, 0.25) is 0 Å². The number of rotatable bonds is 5. The van der Waals surface area contributed by atoms with Crippen LogP contribution in [0.5, 0.6) is 5.75 Å². The predicted octanol–water partition coefficient (Wildman–Crippen LogP) is 4.09. The van der Waals surface area contributed by atoms with Crippen molar-refractivity contribution in [1.29, 1.82) is 0 Å². The Kier molecular flexibility index (Phi) is 7.15. The molecule has 2 aromatic heterocycles. The lowest BCUT2D eigenvalue weighted by atomic mass is 10.1. The highest BCUT2D eigenvalue weighted by Crippen LogP contribution is 2.31. The quantitative estimate of drug-likeness (QED) is 0.400. The molecule has 6 nitrogen and oxygen atoms in total. The van der Waals surface area contributed by atoms with Gasteiger partial charge in [-0.15, -0.1) is 0 Å². The number of nitrogens with one attached hydrogen (secondary N) is 2. The van der Waals surface area contributed by atoms with Crippen molar-refractivity contribution in [2.45, 2.75) is 36.6 Å². The van der Waals surface area contributed by atoms with Gasteiger partial charge in [0.1, 0.15) is 17.2 Å². The van der Waals surface area contributed by atoms with Crippen molar-refractivity contribution in [1.82, 2.24) is 20.0 Å². The van der Waals surface area contributed by atoms with Gasteiger partial charge in [-0.05, 0) is 42.6 Å². The van der Waals surface area contributed by atoms with Crippen LogP contribution in [0, 0.1) is 5.82 Å². The number of benzene rings is 1. The Labute approximate surface area is 201 Å². The number of hydrogen-bond acceptors (Lipinski definition) is 4. The summed E-state index contributed by atoms with van der Waals surface area (Å²) in [5.41, 5.74) is 0.0329. The van der Waals surface area contributed by atoms with Crippen LogP contribution in [0.2, 0.25) is 10.6 Å². The van der Waals surface area contributed by atoms with Crippen LogP contribution in [-0.2, 0) is 11.0 Å². The van der Waals surface area contributed by atoms with Gasteiger partial charge in [0, 0.05) is 41.3 Å². The molecule has 12 heteroatoms. The normalized spacial score (nSPS) is 21.3. The number of pyridine rings is 1. The summed E-state index contributed by atoms with van der Waals surface area (Å²) in [6.07, 6.45) is -0.0442. The third-order valence-electron chi connectivity index (χ3n) is 5.61. The molecule has 0 bridgehead atoms.